The van der Waals surface area contributed by atoms with Gasteiger partial charge in [-0.2, -0.15) is 4.31 Å². The fraction of sp³-hybridized carbons (Fsp3) is 0.588. The molecule has 2 aliphatic rings. The minimum Gasteiger partial charge on any atom is -0.326 e. The normalized spacial score (nSPS) is 22.8. The molecule has 138 valence electrons. The zero-order chi connectivity index (χ0) is 17.9. The van der Waals surface area contributed by atoms with Crippen molar-refractivity contribution in [2.75, 3.05) is 51.1 Å². The van der Waals surface area contributed by atoms with E-state index in [1.165, 1.54) is 4.31 Å². The fourth-order valence-electron chi connectivity index (χ4n) is 3.29. The summed E-state index contributed by atoms with van der Waals surface area (Å²) < 4.78 is 27.3. The number of rotatable bonds is 5. The Balaban J connectivity index is 1.70. The zero-order valence-corrected chi connectivity index (χ0v) is 15.4. The van der Waals surface area contributed by atoms with Crippen LogP contribution in [-0.4, -0.2) is 69.3 Å². The van der Waals surface area contributed by atoms with Crippen LogP contribution in [-0.2, 0) is 14.8 Å². The smallest absolute Gasteiger partial charge is 0.243 e. The van der Waals surface area contributed by atoms with E-state index in [1.807, 2.05) is 0 Å². The molecule has 1 aromatic carbocycles. The number of benzene rings is 1. The summed E-state index contributed by atoms with van der Waals surface area (Å²) in [7, 11) is -3.53. The fourth-order valence-corrected chi connectivity index (χ4v) is 4.76. The van der Waals surface area contributed by atoms with Crippen molar-refractivity contribution < 1.29 is 13.2 Å². The average Bonchev–Trinajstić information content (AvgIpc) is 3.17. The summed E-state index contributed by atoms with van der Waals surface area (Å²) in [5.41, 5.74) is 0.533. The second-order valence-electron chi connectivity index (χ2n) is 6.55. The predicted molar refractivity (Wildman–Crippen MR) is 96.9 cm³/mol. The minimum atomic E-state index is -3.53. The maximum Gasteiger partial charge on any atom is 0.243 e. The lowest BCUT2D eigenvalue weighted by Gasteiger charge is -2.33. The molecule has 0 saturated carbocycles. The third-order valence-corrected chi connectivity index (χ3v) is 6.84. The zero-order valence-electron chi connectivity index (χ0n) is 14.6. The van der Waals surface area contributed by atoms with Crippen molar-refractivity contribution in [2.24, 2.45) is 5.92 Å². The predicted octanol–water partition coefficient (Wildman–Crippen LogP) is 0.561. The maximum absolute atomic E-state index is 12.9. The number of likely N-dealkylation sites (N-methyl/N-ethyl adjacent to an activating group) is 1. The SMILES string of the molecule is CCN1CCN(S(=O)(=O)c2cccc(NC(=O)C3CCNC3)c2)CC1. The van der Waals surface area contributed by atoms with Gasteiger partial charge in [-0.1, -0.05) is 13.0 Å². The van der Waals surface area contributed by atoms with E-state index in [1.54, 1.807) is 24.3 Å². The molecule has 7 nitrogen and oxygen atoms in total. The van der Waals surface area contributed by atoms with E-state index in [4.69, 9.17) is 0 Å². The molecule has 1 unspecified atom stereocenters. The van der Waals surface area contributed by atoms with Crippen LogP contribution in [0.25, 0.3) is 0 Å². The number of nitrogens with zero attached hydrogens (tertiary/aromatic N) is 2. The van der Waals surface area contributed by atoms with E-state index < -0.39 is 10.0 Å². The highest BCUT2D eigenvalue weighted by molar-refractivity contribution is 7.89. The van der Waals surface area contributed by atoms with Gasteiger partial charge in [0.2, 0.25) is 15.9 Å². The molecule has 1 aromatic rings. The molecular weight excluding hydrogens is 340 g/mol. The van der Waals surface area contributed by atoms with Crippen molar-refractivity contribution in [2.45, 2.75) is 18.2 Å². The molecule has 0 aromatic heterocycles. The molecule has 2 N–H and O–H groups in total. The first-order valence-corrected chi connectivity index (χ1v) is 10.3. The standard InChI is InChI=1S/C17H26N4O3S/c1-2-20-8-10-21(11-9-20)25(23,24)16-5-3-4-15(12-16)19-17(22)14-6-7-18-13-14/h3-5,12,14,18H,2,6-11,13H2,1H3,(H,19,22). The van der Waals surface area contributed by atoms with Gasteiger partial charge in [-0.25, -0.2) is 8.42 Å². The van der Waals surface area contributed by atoms with E-state index in [0.29, 0.717) is 25.3 Å². The van der Waals surface area contributed by atoms with Gasteiger partial charge in [-0.3, -0.25) is 4.79 Å². The van der Waals surface area contributed by atoms with Crippen molar-refractivity contribution in [3.8, 4) is 0 Å². The second kappa shape index (κ2) is 7.82. The number of sulfonamides is 1. The number of amides is 1. The summed E-state index contributed by atoms with van der Waals surface area (Å²) in [5.74, 6) is -0.113. The van der Waals surface area contributed by atoms with Crippen molar-refractivity contribution in [1.29, 1.82) is 0 Å². The molecule has 3 rings (SSSR count). The van der Waals surface area contributed by atoms with Gasteiger partial charge >= 0.3 is 0 Å². The van der Waals surface area contributed by atoms with Crippen LogP contribution in [0.3, 0.4) is 0 Å². The first kappa shape index (κ1) is 18.3. The monoisotopic (exact) mass is 366 g/mol. The van der Waals surface area contributed by atoms with E-state index >= 15 is 0 Å². The summed E-state index contributed by atoms with van der Waals surface area (Å²) in [6.07, 6.45) is 0.811. The van der Waals surface area contributed by atoms with Crippen LogP contribution in [0.2, 0.25) is 0 Å². The molecule has 1 atom stereocenters. The topological polar surface area (TPSA) is 81.8 Å². The Hall–Kier alpha value is -1.48. The number of hydrogen-bond acceptors (Lipinski definition) is 5. The van der Waals surface area contributed by atoms with Gasteiger partial charge in [-0.05, 0) is 37.7 Å². The number of carbonyl (C=O) groups excluding carboxylic acids is 1. The summed E-state index contributed by atoms with van der Waals surface area (Å²) in [6, 6.07) is 6.56. The van der Waals surface area contributed by atoms with Crippen molar-refractivity contribution in [1.82, 2.24) is 14.5 Å². The highest BCUT2D eigenvalue weighted by atomic mass is 32.2. The number of piperazine rings is 1. The molecule has 0 spiro atoms. The Bertz CT molecular complexity index is 708. The van der Waals surface area contributed by atoms with Gasteiger partial charge in [0.25, 0.3) is 0 Å². The molecule has 2 saturated heterocycles. The summed E-state index contributed by atoms with van der Waals surface area (Å²) in [4.78, 5) is 14.7. The molecule has 2 aliphatic heterocycles. The number of anilines is 1. The Morgan fingerprint density at radius 2 is 2.04 bits per heavy atom. The van der Waals surface area contributed by atoms with E-state index in [9.17, 15) is 13.2 Å². The van der Waals surface area contributed by atoms with Crippen LogP contribution in [0.1, 0.15) is 13.3 Å². The van der Waals surface area contributed by atoms with Crippen LogP contribution >= 0.6 is 0 Å². The molecule has 0 aliphatic carbocycles. The van der Waals surface area contributed by atoms with Gasteiger partial charge < -0.3 is 15.5 Å². The second-order valence-corrected chi connectivity index (χ2v) is 8.48. The van der Waals surface area contributed by atoms with Gasteiger partial charge in [0.05, 0.1) is 10.8 Å². The first-order valence-electron chi connectivity index (χ1n) is 8.85. The molecule has 2 fully saturated rings. The van der Waals surface area contributed by atoms with Gasteiger partial charge in [0.15, 0.2) is 0 Å². The largest absolute Gasteiger partial charge is 0.326 e. The van der Waals surface area contributed by atoms with E-state index in [0.717, 1.165) is 32.6 Å². The highest BCUT2D eigenvalue weighted by Gasteiger charge is 2.28. The number of carbonyl (C=O) groups is 1. The van der Waals surface area contributed by atoms with Crippen LogP contribution in [0, 0.1) is 5.92 Å². The lowest BCUT2D eigenvalue weighted by Crippen LogP contribution is -2.48. The van der Waals surface area contributed by atoms with Crippen LogP contribution in [0.15, 0.2) is 29.2 Å². The van der Waals surface area contributed by atoms with Crippen LogP contribution in [0.5, 0.6) is 0 Å². The van der Waals surface area contributed by atoms with Crippen molar-refractivity contribution in [3.63, 3.8) is 0 Å². The van der Waals surface area contributed by atoms with E-state index in [-0.39, 0.29) is 16.7 Å². The van der Waals surface area contributed by atoms with E-state index in [2.05, 4.69) is 22.5 Å². The molecular formula is C17H26N4O3S. The molecule has 8 heteroatoms. The molecule has 0 bridgehead atoms. The molecule has 0 radical (unpaired) electrons. The highest BCUT2D eigenvalue weighted by Crippen LogP contribution is 2.22. The minimum absolute atomic E-state index is 0.0533. The Morgan fingerprint density at radius 3 is 2.68 bits per heavy atom. The Morgan fingerprint density at radius 1 is 1.28 bits per heavy atom. The molecule has 25 heavy (non-hydrogen) atoms. The molecule has 2 heterocycles. The Kier molecular flexibility index (Phi) is 5.73. The number of nitrogens with one attached hydrogen (secondary N) is 2. The third-order valence-electron chi connectivity index (χ3n) is 4.95. The summed E-state index contributed by atoms with van der Waals surface area (Å²) in [5, 5.41) is 6.00. The summed E-state index contributed by atoms with van der Waals surface area (Å²) >= 11 is 0. The van der Waals surface area contributed by atoms with Crippen LogP contribution in [0.4, 0.5) is 5.69 Å². The Labute approximate surface area is 149 Å². The maximum atomic E-state index is 12.9. The third kappa shape index (κ3) is 4.20. The lowest BCUT2D eigenvalue weighted by atomic mass is 10.1. The van der Waals surface area contributed by atoms with Crippen molar-refractivity contribution in [3.05, 3.63) is 24.3 Å². The molecule has 1 amide bonds. The van der Waals surface area contributed by atoms with Crippen molar-refractivity contribution >= 4 is 21.6 Å². The average molecular weight is 366 g/mol. The van der Waals surface area contributed by atoms with Gasteiger partial charge in [0.1, 0.15) is 0 Å². The summed E-state index contributed by atoms with van der Waals surface area (Å²) in [6.45, 7) is 7.03. The van der Waals surface area contributed by atoms with Gasteiger partial charge in [0, 0.05) is 38.4 Å². The van der Waals surface area contributed by atoms with Gasteiger partial charge in [-0.15, -0.1) is 0 Å². The quantitative estimate of drug-likeness (QED) is 0.796. The number of hydrogen-bond donors (Lipinski definition) is 2. The van der Waals surface area contributed by atoms with Crippen LogP contribution < -0.4 is 10.6 Å². The lowest BCUT2D eigenvalue weighted by molar-refractivity contribution is -0.119. The first-order chi connectivity index (χ1) is 12.0.